The van der Waals surface area contributed by atoms with Crippen molar-refractivity contribution >= 4 is 34.7 Å². The number of ether oxygens (including phenoxy) is 1. The molecular weight excluding hydrogens is 484 g/mol. The first kappa shape index (κ1) is 24.8. The van der Waals surface area contributed by atoms with Gasteiger partial charge in [0.2, 0.25) is 0 Å². The largest absolute Gasteiger partial charge is 0.507 e. The van der Waals surface area contributed by atoms with Gasteiger partial charge >= 0.3 is 0 Å². The fourth-order valence-corrected chi connectivity index (χ4v) is 5.37. The van der Waals surface area contributed by atoms with E-state index in [-0.39, 0.29) is 17.4 Å². The van der Waals surface area contributed by atoms with E-state index in [0.717, 1.165) is 22.4 Å². The topological polar surface area (TPSA) is 73.6 Å². The molecule has 1 heterocycles. The summed E-state index contributed by atoms with van der Waals surface area (Å²) >= 11 is 6.49. The Balaban J connectivity index is 1.81. The summed E-state index contributed by atoms with van der Waals surface area (Å²) in [6.07, 6.45) is 1.79. The number of ketones is 1. The number of amidine groups is 1. The molecular formula is C31H29ClN2O3. The lowest BCUT2D eigenvalue weighted by Crippen LogP contribution is -2.42. The minimum absolute atomic E-state index is 0.0149. The lowest BCUT2D eigenvalue weighted by Gasteiger charge is -2.42. The van der Waals surface area contributed by atoms with Crippen molar-refractivity contribution in [3.8, 4) is 5.75 Å². The Hall–Kier alpha value is -3.83. The number of nitrogens with zero attached hydrogens (tertiary/aromatic N) is 1. The van der Waals surface area contributed by atoms with Crippen LogP contribution in [0.2, 0.25) is 5.02 Å². The minimum atomic E-state index is -0.584. The van der Waals surface area contributed by atoms with Crippen LogP contribution in [-0.4, -0.2) is 23.8 Å². The van der Waals surface area contributed by atoms with Gasteiger partial charge in [0.25, 0.3) is 0 Å². The van der Waals surface area contributed by atoms with Crippen molar-refractivity contribution in [1.82, 2.24) is 0 Å². The summed E-state index contributed by atoms with van der Waals surface area (Å²) in [5.41, 5.74) is 5.92. The number of aliphatic hydroxyl groups excluding tert-OH is 1. The van der Waals surface area contributed by atoms with E-state index in [4.69, 9.17) is 16.3 Å². The molecule has 188 valence electrons. The highest BCUT2D eigenvalue weighted by Gasteiger charge is 2.43. The van der Waals surface area contributed by atoms with E-state index in [9.17, 15) is 15.3 Å². The summed E-state index contributed by atoms with van der Waals surface area (Å²) in [7, 11) is 1.61. The van der Waals surface area contributed by atoms with Gasteiger partial charge in [0.15, 0.2) is 5.78 Å². The number of nitrogens with one attached hydrogen (secondary N) is 1. The average Bonchev–Trinajstić information content (AvgIpc) is 2.90. The third-order valence-corrected chi connectivity index (χ3v) is 7.60. The minimum Gasteiger partial charge on any atom is -0.507 e. The first-order chi connectivity index (χ1) is 17.8. The van der Waals surface area contributed by atoms with Crippen LogP contribution in [-0.2, 0) is 4.79 Å². The predicted octanol–water partition coefficient (Wildman–Crippen LogP) is 7.52. The molecule has 0 saturated heterocycles. The van der Waals surface area contributed by atoms with E-state index >= 15 is 0 Å². The van der Waals surface area contributed by atoms with E-state index in [1.54, 1.807) is 12.0 Å². The van der Waals surface area contributed by atoms with E-state index in [2.05, 4.69) is 0 Å². The van der Waals surface area contributed by atoms with Crippen LogP contribution in [0.3, 0.4) is 0 Å². The number of Topliss-reactive ketones (excluding diaryl/α,β-unsaturated/α-hetero) is 1. The van der Waals surface area contributed by atoms with Gasteiger partial charge in [-0.15, -0.1) is 0 Å². The normalized spacial score (nSPS) is 19.1. The molecule has 0 spiro atoms. The Morgan fingerprint density at radius 1 is 1.03 bits per heavy atom. The zero-order valence-electron chi connectivity index (χ0n) is 21.1. The van der Waals surface area contributed by atoms with Crippen LogP contribution in [0.5, 0.6) is 5.75 Å². The quantitative estimate of drug-likeness (QED) is 0.354. The molecule has 1 aliphatic carbocycles. The standard InChI is InChI=1S/C31H29ClN2O3/c1-18-7-10-21(11-8-18)30(36)29-27(20-12-15-23(37-3)16-13-20)28-25(5-4-6-26(28)35)34(31(29)33)22-14-9-19(2)24(32)17-22/h7-17,27,33,36H,4-6H2,1-3H3/t27-/m0/s1. The Labute approximate surface area is 222 Å². The van der Waals surface area contributed by atoms with Gasteiger partial charge in [0, 0.05) is 45.5 Å². The van der Waals surface area contributed by atoms with Gasteiger partial charge < -0.3 is 9.84 Å². The van der Waals surface area contributed by atoms with Gasteiger partial charge in [0.05, 0.1) is 7.11 Å². The number of hydrogen-bond donors (Lipinski definition) is 2. The van der Waals surface area contributed by atoms with Crippen molar-refractivity contribution in [2.45, 2.75) is 39.0 Å². The molecule has 1 atom stereocenters. The van der Waals surface area contributed by atoms with Crippen molar-refractivity contribution in [3.05, 3.63) is 111 Å². The summed E-state index contributed by atoms with van der Waals surface area (Å²) in [6.45, 7) is 3.91. The fraction of sp³-hybridized carbons (Fsp3) is 0.226. The lowest BCUT2D eigenvalue weighted by molar-refractivity contribution is -0.116. The van der Waals surface area contributed by atoms with E-state index in [0.29, 0.717) is 52.4 Å². The molecule has 0 radical (unpaired) electrons. The highest BCUT2D eigenvalue weighted by atomic mass is 35.5. The molecule has 3 aromatic carbocycles. The van der Waals surface area contributed by atoms with Crippen LogP contribution >= 0.6 is 11.6 Å². The number of benzene rings is 3. The lowest BCUT2D eigenvalue weighted by atomic mass is 9.73. The number of carbonyl (C=O) groups is 1. The van der Waals surface area contributed by atoms with Crippen LogP contribution in [0.1, 0.15) is 47.4 Å². The predicted molar refractivity (Wildman–Crippen MR) is 149 cm³/mol. The van der Waals surface area contributed by atoms with Crippen molar-refractivity contribution in [2.24, 2.45) is 0 Å². The number of aliphatic hydroxyl groups is 1. The second-order valence-electron chi connectivity index (χ2n) is 9.59. The average molecular weight is 513 g/mol. The highest BCUT2D eigenvalue weighted by molar-refractivity contribution is 6.32. The maximum absolute atomic E-state index is 13.6. The summed E-state index contributed by atoms with van der Waals surface area (Å²) < 4.78 is 5.35. The maximum atomic E-state index is 13.6. The molecule has 2 N–H and O–H groups in total. The van der Waals surface area contributed by atoms with Gasteiger partial charge in [-0.3, -0.25) is 15.1 Å². The molecule has 0 saturated carbocycles. The number of halogens is 1. The summed E-state index contributed by atoms with van der Waals surface area (Å²) in [5, 5.41) is 21.7. The van der Waals surface area contributed by atoms with Crippen LogP contribution < -0.4 is 9.64 Å². The molecule has 2 aliphatic rings. The number of allylic oxidation sites excluding steroid dienone is 2. The monoisotopic (exact) mass is 512 g/mol. The van der Waals surface area contributed by atoms with Crippen molar-refractivity contribution in [1.29, 1.82) is 5.41 Å². The summed E-state index contributed by atoms with van der Waals surface area (Å²) in [6, 6.07) is 20.7. The molecule has 0 fully saturated rings. The number of rotatable bonds is 4. The first-order valence-corrected chi connectivity index (χ1v) is 12.7. The van der Waals surface area contributed by atoms with Gasteiger partial charge in [-0.25, -0.2) is 0 Å². The number of aryl methyl sites for hydroxylation is 2. The Morgan fingerprint density at radius 3 is 2.38 bits per heavy atom. The van der Waals surface area contributed by atoms with Crippen LogP contribution in [0, 0.1) is 19.3 Å². The van der Waals surface area contributed by atoms with E-state index in [1.807, 2.05) is 80.6 Å². The number of anilines is 1. The zero-order chi connectivity index (χ0) is 26.3. The molecule has 6 heteroatoms. The zero-order valence-corrected chi connectivity index (χ0v) is 21.9. The van der Waals surface area contributed by atoms with Gasteiger partial charge in [-0.05, 0) is 62.1 Å². The molecule has 5 nitrogen and oxygen atoms in total. The molecule has 5 rings (SSSR count). The Morgan fingerprint density at radius 2 is 1.73 bits per heavy atom. The molecule has 37 heavy (non-hydrogen) atoms. The molecule has 0 amide bonds. The second kappa shape index (κ2) is 9.91. The number of hydrogen-bond acceptors (Lipinski definition) is 4. The highest BCUT2D eigenvalue weighted by Crippen LogP contribution is 2.48. The summed E-state index contributed by atoms with van der Waals surface area (Å²) in [5.74, 6) is 0.265. The summed E-state index contributed by atoms with van der Waals surface area (Å²) in [4.78, 5) is 15.4. The Kier molecular flexibility index (Phi) is 6.65. The third kappa shape index (κ3) is 4.44. The molecule has 0 aromatic heterocycles. The number of carbonyl (C=O) groups excluding carboxylic acids is 1. The number of methoxy groups -OCH3 is 1. The molecule has 3 aromatic rings. The molecule has 0 bridgehead atoms. The SMILES string of the molecule is COc1ccc([C@@H]2C(=C(O)c3ccc(C)cc3)C(=N)N(c3ccc(C)c(Cl)c3)C3=C2C(=O)CCC3)cc1. The Bertz CT molecular complexity index is 1450. The van der Waals surface area contributed by atoms with Crippen molar-refractivity contribution < 1.29 is 14.6 Å². The van der Waals surface area contributed by atoms with Gasteiger partial charge in [-0.2, -0.15) is 0 Å². The smallest absolute Gasteiger partial charge is 0.161 e. The first-order valence-electron chi connectivity index (χ1n) is 12.4. The fourth-order valence-electron chi connectivity index (χ4n) is 5.19. The second-order valence-corrected chi connectivity index (χ2v) is 10.00. The van der Waals surface area contributed by atoms with Crippen LogP contribution in [0.25, 0.3) is 5.76 Å². The third-order valence-electron chi connectivity index (χ3n) is 7.20. The van der Waals surface area contributed by atoms with Gasteiger partial charge in [0.1, 0.15) is 17.3 Å². The van der Waals surface area contributed by atoms with E-state index < -0.39 is 5.92 Å². The molecule has 0 unspecified atom stereocenters. The molecule has 1 aliphatic heterocycles. The van der Waals surface area contributed by atoms with Crippen molar-refractivity contribution in [3.63, 3.8) is 0 Å². The van der Waals surface area contributed by atoms with Gasteiger partial charge in [-0.1, -0.05) is 59.6 Å². The van der Waals surface area contributed by atoms with Crippen LogP contribution in [0.15, 0.2) is 83.6 Å². The van der Waals surface area contributed by atoms with E-state index in [1.165, 1.54) is 0 Å². The van der Waals surface area contributed by atoms with Crippen LogP contribution in [0.4, 0.5) is 5.69 Å². The van der Waals surface area contributed by atoms with Crippen molar-refractivity contribution in [2.75, 3.05) is 12.0 Å². The maximum Gasteiger partial charge on any atom is 0.161 e.